The molecule has 0 saturated carbocycles. The van der Waals surface area contributed by atoms with Gasteiger partial charge in [0.05, 0.1) is 0 Å². The molecule has 0 radical (unpaired) electrons. The van der Waals surface area contributed by atoms with Crippen molar-refractivity contribution in [3.63, 3.8) is 0 Å². The van der Waals surface area contributed by atoms with Gasteiger partial charge < -0.3 is 9.47 Å². The molecule has 0 amide bonds. The molecule has 0 saturated heterocycles. The molecule has 0 aromatic rings. The van der Waals surface area contributed by atoms with E-state index in [1.165, 1.54) is 25.7 Å². The van der Waals surface area contributed by atoms with Crippen molar-refractivity contribution in [2.75, 3.05) is 26.4 Å². The summed E-state index contributed by atoms with van der Waals surface area (Å²) in [6.07, 6.45) is 6.18. The van der Waals surface area contributed by atoms with Crippen LogP contribution in [0.15, 0.2) is 0 Å². The quantitative estimate of drug-likeness (QED) is 0.491. The average Bonchev–Trinajstić information content (AvgIpc) is 2.16. The summed E-state index contributed by atoms with van der Waals surface area (Å²) < 4.78 is 10.6. The predicted molar refractivity (Wildman–Crippen MR) is 56.1 cm³/mol. The van der Waals surface area contributed by atoms with Gasteiger partial charge >= 0.3 is 0 Å². The van der Waals surface area contributed by atoms with Crippen molar-refractivity contribution in [2.45, 2.75) is 46.0 Å². The normalized spacial score (nSPS) is 10.6. The summed E-state index contributed by atoms with van der Waals surface area (Å²) >= 11 is 0. The molecule has 0 fully saturated rings. The van der Waals surface area contributed by atoms with Gasteiger partial charge in [-0.1, -0.05) is 26.2 Å². The molecule has 0 aromatic heterocycles. The highest BCUT2D eigenvalue weighted by atomic mass is 16.5. The Morgan fingerprint density at radius 3 is 2.08 bits per heavy atom. The van der Waals surface area contributed by atoms with Gasteiger partial charge in [-0.2, -0.15) is 0 Å². The van der Waals surface area contributed by atoms with Crippen molar-refractivity contribution in [1.29, 1.82) is 0 Å². The van der Waals surface area contributed by atoms with Gasteiger partial charge in [-0.25, -0.2) is 0 Å². The summed E-state index contributed by atoms with van der Waals surface area (Å²) in [6.45, 7) is 7.68. The van der Waals surface area contributed by atoms with Crippen LogP contribution in [-0.4, -0.2) is 26.4 Å². The maximum atomic E-state index is 5.45. The Bertz CT molecular complexity index is 74.2. The van der Waals surface area contributed by atoms with Crippen LogP contribution in [0.5, 0.6) is 0 Å². The molecule has 0 bridgehead atoms. The van der Waals surface area contributed by atoms with Gasteiger partial charge in [0.25, 0.3) is 0 Å². The third kappa shape index (κ3) is 11.9. The summed E-state index contributed by atoms with van der Waals surface area (Å²) in [4.78, 5) is 0. The predicted octanol–water partition coefficient (Wildman–Crippen LogP) is 3.01. The van der Waals surface area contributed by atoms with Crippen LogP contribution < -0.4 is 0 Å². The molecular weight excluding hydrogens is 164 g/mol. The maximum Gasteiger partial charge on any atom is 0.0487 e. The topological polar surface area (TPSA) is 18.5 Å². The Kier molecular flexibility index (Phi) is 11.8. The number of ether oxygens (including phenoxy) is 2. The Labute approximate surface area is 82.6 Å². The van der Waals surface area contributed by atoms with Gasteiger partial charge in [-0.15, -0.1) is 0 Å². The number of hydrogen-bond acceptors (Lipinski definition) is 2. The van der Waals surface area contributed by atoms with Crippen LogP contribution in [0.1, 0.15) is 46.0 Å². The van der Waals surface area contributed by atoms with Crippen LogP contribution in [0.25, 0.3) is 0 Å². The Morgan fingerprint density at radius 1 is 0.692 bits per heavy atom. The molecule has 2 heteroatoms. The van der Waals surface area contributed by atoms with Crippen molar-refractivity contribution in [1.82, 2.24) is 0 Å². The first-order chi connectivity index (χ1) is 6.41. The first-order valence-electron chi connectivity index (χ1n) is 5.57. The van der Waals surface area contributed by atoms with E-state index in [4.69, 9.17) is 9.47 Å². The Balaban J connectivity index is 2.76. The van der Waals surface area contributed by atoms with Crippen molar-refractivity contribution < 1.29 is 9.47 Å². The number of unbranched alkanes of at least 4 members (excludes halogenated alkanes) is 3. The SMILES string of the molecule is CCCCCCOCCCOCC. The maximum absolute atomic E-state index is 5.45. The van der Waals surface area contributed by atoms with Crippen LogP contribution in [0.4, 0.5) is 0 Å². The minimum Gasteiger partial charge on any atom is -0.382 e. The van der Waals surface area contributed by atoms with E-state index in [9.17, 15) is 0 Å². The highest BCUT2D eigenvalue weighted by Gasteiger charge is 1.90. The molecular formula is C11H24O2. The van der Waals surface area contributed by atoms with E-state index in [1.807, 2.05) is 6.92 Å². The third-order valence-electron chi connectivity index (χ3n) is 1.92. The van der Waals surface area contributed by atoms with Crippen LogP contribution >= 0.6 is 0 Å². The molecule has 13 heavy (non-hydrogen) atoms. The zero-order valence-electron chi connectivity index (χ0n) is 9.18. The average molecular weight is 188 g/mol. The van der Waals surface area contributed by atoms with Gasteiger partial charge in [0.2, 0.25) is 0 Å². The summed E-state index contributed by atoms with van der Waals surface area (Å²) in [5, 5.41) is 0. The molecule has 0 aliphatic carbocycles. The van der Waals surface area contributed by atoms with Gasteiger partial charge in [0, 0.05) is 26.4 Å². The van der Waals surface area contributed by atoms with Gasteiger partial charge in [0.1, 0.15) is 0 Å². The number of rotatable bonds is 10. The van der Waals surface area contributed by atoms with Crippen molar-refractivity contribution in [2.24, 2.45) is 0 Å². The van der Waals surface area contributed by atoms with E-state index >= 15 is 0 Å². The zero-order valence-corrected chi connectivity index (χ0v) is 9.18. The molecule has 0 unspecified atom stereocenters. The molecule has 0 N–H and O–H groups in total. The summed E-state index contributed by atoms with van der Waals surface area (Å²) in [6, 6.07) is 0. The van der Waals surface area contributed by atoms with E-state index in [0.29, 0.717) is 0 Å². The smallest absolute Gasteiger partial charge is 0.0487 e. The van der Waals surface area contributed by atoms with Crippen LogP contribution in [0.2, 0.25) is 0 Å². The monoisotopic (exact) mass is 188 g/mol. The summed E-state index contributed by atoms with van der Waals surface area (Å²) in [5.74, 6) is 0. The third-order valence-corrected chi connectivity index (χ3v) is 1.92. The second-order valence-corrected chi connectivity index (χ2v) is 3.22. The van der Waals surface area contributed by atoms with Crippen LogP contribution in [-0.2, 0) is 9.47 Å². The first kappa shape index (κ1) is 12.9. The fraction of sp³-hybridized carbons (Fsp3) is 1.00. The van der Waals surface area contributed by atoms with Crippen molar-refractivity contribution in [3.8, 4) is 0 Å². The lowest BCUT2D eigenvalue weighted by Crippen LogP contribution is -2.01. The largest absolute Gasteiger partial charge is 0.382 e. The highest BCUT2D eigenvalue weighted by Crippen LogP contribution is 1.98. The molecule has 2 nitrogen and oxygen atoms in total. The van der Waals surface area contributed by atoms with E-state index in [0.717, 1.165) is 32.8 Å². The second-order valence-electron chi connectivity index (χ2n) is 3.22. The minimum absolute atomic E-state index is 0.816. The van der Waals surface area contributed by atoms with Crippen molar-refractivity contribution >= 4 is 0 Å². The van der Waals surface area contributed by atoms with Gasteiger partial charge in [-0.05, 0) is 19.8 Å². The fourth-order valence-corrected chi connectivity index (χ4v) is 1.14. The molecule has 0 atom stereocenters. The Morgan fingerprint density at radius 2 is 1.38 bits per heavy atom. The molecule has 0 spiro atoms. The molecule has 80 valence electrons. The lowest BCUT2D eigenvalue weighted by molar-refractivity contribution is 0.0861. The summed E-state index contributed by atoms with van der Waals surface area (Å²) in [7, 11) is 0. The standard InChI is InChI=1S/C11H24O2/c1-3-5-6-7-9-13-11-8-10-12-4-2/h3-11H2,1-2H3. The second kappa shape index (κ2) is 11.9. The van der Waals surface area contributed by atoms with E-state index in [1.54, 1.807) is 0 Å². The van der Waals surface area contributed by atoms with E-state index < -0.39 is 0 Å². The van der Waals surface area contributed by atoms with E-state index in [-0.39, 0.29) is 0 Å². The fourth-order valence-electron chi connectivity index (χ4n) is 1.14. The zero-order chi connectivity index (χ0) is 9.78. The van der Waals surface area contributed by atoms with Crippen LogP contribution in [0.3, 0.4) is 0 Å². The van der Waals surface area contributed by atoms with Gasteiger partial charge in [0.15, 0.2) is 0 Å². The molecule has 0 heterocycles. The molecule has 0 aromatic carbocycles. The molecule has 0 aliphatic heterocycles. The lowest BCUT2D eigenvalue weighted by Gasteiger charge is -2.03. The van der Waals surface area contributed by atoms with Crippen LogP contribution in [0, 0.1) is 0 Å². The number of hydrogen-bond donors (Lipinski definition) is 0. The molecule has 0 aliphatic rings. The van der Waals surface area contributed by atoms with E-state index in [2.05, 4.69) is 6.92 Å². The van der Waals surface area contributed by atoms with Gasteiger partial charge in [-0.3, -0.25) is 0 Å². The summed E-state index contributed by atoms with van der Waals surface area (Å²) in [5.41, 5.74) is 0. The Hall–Kier alpha value is -0.0800. The lowest BCUT2D eigenvalue weighted by atomic mass is 10.2. The van der Waals surface area contributed by atoms with Crippen molar-refractivity contribution in [3.05, 3.63) is 0 Å². The molecule has 0 rings (SSSR count). The first-order valence-corrected chi connectivity index (χ1v) is 5.57. The highest BCUT2D eigenvalue weighted by molar-refractivity contribution is 4.40. The minimum atomic E-state index is 0.816.